The van der Waals surface area contributed by atoms with Gasteiger partial charge in [0.1, 0.15) is 0 Å². The second-order valence-electron chi connectivity index (χ2n) is 7.21. The van der Waals surface area contributed by atoms with Crippen LogP contribution in [0.4, 0.5) is 11.4 Å². The molecule has 31 heavy (non-hydrogen) atoms. The number of nitrogens with zero attached hydrogens (tertiary/aromatic N) is 2. The molecule has 0 unspecified atom stereocenters. The van der Waals surface area contributed by atoms with Crippen LogP contribution >= 0.6 is 0 Å². The molecule has 3 aromatic carbocycles. The van der Waals surface area contributed by atoms with Crippen molar-refractivity contribution < 1.29 is 4.79 Å². The molecule has 0 fully saturated rings. The molecule has 0 saturated carbocycles. The molecule has 0 bridgehead atoms. The first-order valence-corrected chi connectivity index (χ1v) is 9.94. The van der Waals surface area contributed by atoms with Crippen LogP contribution in [-0.2, 0) is 0 Å². The molecule has 6 heteroatoms. The monoisotopic (exact) mass is 410 g/mol. The number of carbonyl (C=O) groups excluding carboxylic acids is 1. The Balaban J connectivity index is 1.56. The molecule has 1 atom stereocenters. The van der Waals surface area contributed by atoms with E-state index in [0.29, 0.717) is 16.9 Å². The fourth-order valence-corrected chi connectivity index (χ4v) is 3.33. The average molecular weight is 410 g/mol. The number of para-hydroxylation sites is 2. The molecule has 4 aromatic rings. The van der Waals surface area contributed by atoms with Gasteiger partial charge in [-0.3, -0.25) is 9.59 Å². The summed E-state index contributed by atoms with van der Waals surface area (Å²) >= 11 is 0. The van der Waals surface area contributed by atoms with Gasteiger partial charge in [-0.05, 0) is 42.8 Å². The standard InChI is InChI=1S/C25H22N4O2/c1-17(29-24(30)16-15-22(28-29)19-7-3-2-4-8-19)18-11-13-20(14-12-18)25(31)27-23-10-6-5-9-21(23)26/h2-17H,26H2,1H3,(H,27,31)/t17-/m1/s1. The summed E-state index contributed by atoms with van der Waals surface area (Å²) in [6, 6.07) is 26.9. The van der Waals surface area contributed by atoms with Crippen molar-refractivity contribution in [3.8, 4) is 11.3 Å². The molecule has 0 spiro atoms. The Morgan fingerprint density at radius 3 is 2.29 bits per heavy atom. The summed E-state index contributed by atoms with van der Waals surface area (Å²) in [7, 11) is 0. The highest BCUT2D eigenvalue weighted by atomic mass is 16.1. The molecule has 3 N–H and O–H groups in total. The molecular formula is C25H22N4O2. The van der Waals surface area contributed by atoms with Crippen LogP contribution in [0, 0.1) is 0 Å². The highest BCUT2D eigenvalue weighted by Gasteiger charge is 2.14. The highest BCUT2D eigenvalue weighted by molar-refractivity contribution is 6.05. The summed E-state index contributed by atoms with van der Waals surface area (Å²) in [6.45, 7) is 1.91. The van der Waals surface area contributed by atoms with Gasteiger partial charge in [-0.2, -0.15) is 5.10 Å². The van der Waals surface area contributed by atoms with Gasteiger partial charge in [0.05, 0.1) is 23.1 Å². The SMILES string of the molecule is C[C@H](c1ccc(C(=O)Nc2ccccc2N)cc1)n1nc(-c2ccccc2)ccc1=O. The number of nitrogens with one attached hydrogen (secondary N) is 1. The Labute approximate surface area is 180 Å². The molecule has 0 aliphatic carbocycles. The zero-order valence-electron chi connectivity index (χ0n) is 17.0. The lowest BCUT2D eigenvalue weighted by atomic mass is 10.1. The van der Waals surface area contributed by atoms with E-state index >= 15 is 0 Å². The van der Waals surface area contributed by atoms with Crippen LogP contribution in [0.5, 0.6) is 0 Å². The number of nitrogens with two attached hydrogens (primary N) is 1. The summed E-state index contributed by atoms with van der Waals surface area (Å²) in [5, 5.41) is 7.36. The number of benzene rings is 3. The number of rotatable bonds is 5. The van der Waals surface area contributed by atoms with Gasteiger partial charge >= 0.3 is 0 Å². The normalized spacial score (nSPS) is 11.6. The first-order chi connectivity index (χ1) is 15.0. The summed E-state index contributed by atoms with van der Waals surface area (Å²) in [4.78, 5) is 25.0. The quantitative estimate of drug-likeness (QED) is 0.479. The molecule has 0 saturated heterocycles. The van der Waals surface area contributed by atoms with E-state index in [1.807, 2.05) is 61.5 Å². The summed E-state index contributed by atoms with van der Waals surface area (Å²) in [6.07, 6.45) is 0. The van der Waals surface area contributed by atoms with E-state index in [1.54, 1.807) is 30.3 Å². The topological polar surface area (TPSA) is 90.0 Å². The molecule has 4 rings (SSSR count). The maximum Gasteiger partial charge on any atom is 0.267 e. The number of carbonyl (C=O) groups is 1. The van der Waals surface area contributed by atoms with Gasteiger partial charge in [0.2, 0.25) is 0 Å². The Kier molecular flexibility index (Phi) is 5.62. The first kappa shape index (κ1) is 20.1. The minimum atomic E-state index is -0.293. The molecule has 0 aliphatic rings. The Morgan fingerprint density at radius 1 is 0.903 bits per heavy atom. The van der Waals surface area contributed by atoms with Gasteiger partial charge in [-0.1, -0.05) is 54.6 Å². The minimum absolute atomic E-state index is 0.187. The maximum absolute atomic E-state index is 12.5. The molecular weight excluding hydrogens is 388 g/mol. The molecule has 1 heterocycles. The van der Waals surface area contributed by atoms with Gasteiger partial charge in [0, 0.05) is 17.2 Å². The van der Waals surface area contributed by atoms with Crippen LogP contribution in [0.1, 0.15) is 28.9 Å². The van der Waals surface area contributed by atoms with Crippen molar-refractivity contribution in [2.75, 3.05) is 11.1 Å². The van der Waals surface area contributed by atoms with Crippen molar-refractivity contribution in [3.05, 3.63) is 112 Å². The van der Waals surface area contributed by atoms with E-state index in [4.69, 9.17) is 5.73 Å². The van der Waals surface area contributed by atoms with Gasteiger partial charge < -0.3 is 11.1 Å². The van der Waals surface area contributed by atoms with Crippen molar-refractivity contribution in [2.24, 2.45) is 0 Å². The second kappa shape index (κ2) is 8.67. The summed E-state index contributed by atoms with van der Waals surface area (Å²) in [5.41, 5.74) is 9.81. The molecule has 1 amide bonds. The third-order valence-electron chi connectivity index (χ3n) is 5.13. The van der Waals surface area contributed by atoms with E-state index in [2.05, 4.69) is 10.4 Å². The van der Waals surface area contributed by atoms with Gasteiger partial charge in [-0.25, -0.2) is 4.68 Å². The smallest absolute Gasteiger partial charge is 0.267 e. The highest BCUT2D eigenvalue weighted by Crippen LogP contribution is 2.21. The Bertz CT molecular complexity index is 1260. The number of hydrogen-bond acceptors (Lipinski definition) is 4. The zero-order chi connectivity index (χ0) is 21.8. The van der Waals surface area contributed by atoms with Crippen LogP contribution in [0.25, 0.3) is 11.3 Å². The molecule has 0 aliphatic heterocycles. The van der Waals surface area contributed by atoms with E-state index in [0.717, 1.165) is 16.8 Å². The average Bonchev–Trinajstić information content (AvgIpc) is 2.81. The Hall–Kier alpha value is -4.19. The molecule has 154 valence electrons. The minimum Gasteiger partial charge on any atom is -0.397 e. The number of anilines is 2. The van der Waals surface area contributed by atoms with E-state index in [-0.39, 0.29) is 17.5 Å². The lowest BCUT2D eigenvalue weighted by Crippen LogP contribution is -2.26. The van der Waals surface area contributed by atoms with Gasteiger partial charge in [0.25, 0.3) is 11.5 Å². The molecule has 6 nitrogen and oxygen atoms in total. The van der Waals surface area contributed by atoms with Crippen molar-refractivity contribution in [3.63, 3.8) is 0 Å². The fourth-order valence-electron chi connectivity index (χ4n) is 3.33. The van der Waals surface area contributed by atoms with Crippen LogP contribution in [0.2, 0.25) is 0 Å². The van der Waals surface area contributed by atoms with Crippen molar-refractivity contribution in [2.45, 2.75) is 13.0 Å². The van der Waals surface area contributed by atoms with Crippen LogP contribution in [-0.4, -0.2) is 15.7 Å². The van der Waals surface area contributed by atoms with E-state index < -0.39 is 0 Å². The van der Waals surface area contributed by atoms with Crippen molar-refractivity contribution >= 4 is 17.3 Å². The maximum atomic E-state index is 12.5. The van der Waals surface area contributed by atoms with Crippen molar-refractivity contribution in [1.29, 1.82) is 0 Å². The number of amides is 1. The first-order valence-electron chi connectivity index (χ1n) is 9.94. The van der Waals surface area contributed by atoms with Crippen molar-refractivity contribution in [1.82, 2.24) is 9.78 Å². The molecule has 1 aromatic heterocycles. The molecule has 0 radical (unpaired) electrons. The number of aromatic nitrogens is 2. The predicted molar refractivity (Wildman–Crippen MR) is 123 cm³/mol. The Morgan fingerprint density at radius 2 is 1.58 bits per heavy atom. The number of hydrogen-bond donors (Lipinski definition) is 2. The van der Waals surface area contributed by atoms with Gasteiger partial charge in [-0.15, -0.1) is 0 Å². The second-order valence-corrected chi connectivity index (χ2v) is 7.21. The van der Waals surface area contributed by atoms with Gasteiger partial charge in [0.15, 0.2) is 0 Å². The lowest BCUT2D eigenvalue weighted by molar-refractivity contribution is 0.102. The third-order valence-corrected chi connectivity index (χ3v) is 5.13. The van der Waals surface area contributed by atoms with Crippen LogP contribution < -0.4 is 16.6 Å². The fraction of sp³-hybridized carbons (Fsp3) is 0.0800. The summed E-state index contributed by atoms with van der Waals surface area (Å²) in [5.74, 6) is -0.251. The van der Waals surface area contributed by atoms with E-state index in [1.165, 1.54) is 10.7 Å². The predicted octanol–water partition coefficient (Wildman–Crippen LogP) is 4.35. The third kappa shape index (κ3) is 4.38. The lowest BCUT2D eigenvalue weighted by Gasteiger charge is -2.16. The largest absolute Gasteiger partial charge is 0.397 e. The summed E-state index contributed by atoms with van der Waals surface area (Å²) < 4.78 is 1.46. The van der Waals surface area contributed by atoms with Crippen LogP contribution in [0.15, 0.2) is 95.8 Å². The van der Waals surface area contributed by atoms with Crippen LogP contribution in [0.3, 0.4) is 0 Å². The van der Waals surface area contributed by atoms with E-state index in [9.17, 15) is 9.59 Å². The number of nitrogen functional groups attached to an aromatic ring is 1. The zero-order valence-corrected chi connectivity index (χ0v) is 17.0.